The van der Waals surface area contributed by atoms with Crippen LogP contribution in [0.25, 0.3) is 10.6 Å². The van der Waals surface area contributed by atoms with Crippen molar-refractivity contribution in [3.05, 3.63) is 68.7 Å². The monoisotopic (exact) mass is 469 g/mol. The van der Waals surface area contributed by atoms with Crippen molar-refractivity contribution in [1.82, 2.24) is 4.98 Å². The van der Waals surface area contributed by atoms with E-state index in [2.05, 4.69) is 17.2 Å². The van der Waals surface area contributed by atoms with Gasteiger partial charge in [0.1, 0.15) is 15.6 Å². The van der Waals surface area contributed by atoms with E-state index in [1.54, 1.807) is 6.92 Å². The molecule has 2 aromatic carbocycles. The first-order valence-electron chi connectivity index (χ1n) is 10.1. The van der Waals surface area contributed by atoms with Crippen LogP contribution in [0.15, 0.2) is 42.5 Å². The van der Waals surface area contributed by atoms with E-state index in [9.17, 15) is 19.7 Å². The number of carbonyl (C=O) groups is 2. The van der Waals surface area contributed by atoms with Crippen molar-refractivity contribution in [2.24, 2.45) is 0 Å². The number of esters is 1. The summed E-state index contributed by atoms with van der Waals surface area (Å²) < 4.78 is 10.5. The zero-order chi connectivity index (χ0) is 24.1. The number of carbonyl (C=O) groups excluding carboxylic acids is 2. The Hall–Kier alpha value is -3.79. The van der Waals surface area contributed by atoms with Gasteiger partial charge in [0.25, 0.3) is 11.6 Å². The second-order valence-electron chi connectivity index (χ2n) is 7.16. The van der Waals surface area contributed by atoms with E-state index >= 15 is 0 Å². The summed E-state index contributed by atoms with van der Waals surface area (Å²) in [5.74, 6) is -1.08. The number of nitro benzene ring substituents is 1. The number of hydrogen-bond donors (Lipinski definition) is 1. The third-order valence-corrected chi connectivity index (χ3v) is 6.08. The maximum absolute atomic E-state index is 12.7. The molecular formula is C23H23N3O6S. The molecule has 0 saturated carbocycles. The van der Waals surface area contributed by atoms with Crippen LogP contribution in [0.4, 0.5) is 11.4 Å². The molecule has 0 aliphatic carbocycles. The Morgan fingerprint density at radius 2 is 1.91 bits per heavy atom. The highest BCUT2D eigenvalue weighted by molar-refractivity contribution is 7.17. The Labute approximate surface area is 194 Å². The van der Waals surface area contributed by atoms with Gasteiger partial charge in [0, 0.05) is 17.7 Å². The highest BCUT2D eigenvalue weighted by atomic mass is 32.1. The fourth-order valence-electron chi connectivity index (χ4n) is 3.00. The highest BCUT2D eigenvalue weighted by Crippen LogP contribution is 2.30. The third kappa shape index (κ3) is 5.53. The van der Waals surface area contributed by atoms with Crippen LogP contribution < -0.4 is 10.1 Å². The van der Waals surface area contributed by atoms with Gasteiger partial charge in [0.15, 0.2) is 6.10 Å². The lowest BCUT2D eigenvalue weighted by atomic mass is 10.1. The number of nitrogens with zero attached hydrogens (tertiary/aromatic N) is 2. The maximum Gasteiger partial charge on any atom is 0.351 e. The number of aryl methyl sites for hydroxylation is 2. The van der Waals surface area contributed by atoms with Gasteiger partial charge in [-0.1, -0.05) is 31.2 Å². The van der Waals surface area contributed by atoms with Crippen LogP contribution in [0.1, 0.15) is 34.8 Å². The van der Waals surface area contributed by atoms with E-state index in [-0.39, 0.29) is 17.1 Å². The maximum atomic E-state index is 12.7. The number of non-ortho nitro benzene ring substituents is 1. The summed E-state index contributed by atoms with van der Waals surface area (Å²) >= 11 is 1.19. The van der Waals surface area contributed by atoms with Crippen molar-refractivity contribution < 1.29 is 24.0 Å². The van der Waals surface area contributed by atoms with Crippen LogP contribution in [-0.4, -0.2) is 35.0 Å². The van der Waals surface area contributed by atoms with Crippen LogP contribution in [0.2, 0.25) is 0 Å². The van der Waals surface area contributed by atoms with Crippen molar-refractivity contribution in [2.75, 3.05) is 12.4 Å². The molecule has 33 heavy (non-hydrogen) atoms. The molecule has 1 amide bonds. The summed E-state index contributed by atoms with van der Waals surface area (Å²) in [7, 11) is 1.38. The molecule has 0 bridgehead atoms. The van der Waals surface area contributed by atoms with Gasteiger partial charge < -0.3 is 14.8 Å². The smallest absolute Gasteiger partial charge is 0.351 e. The number of anilines is 1. The number of nitro groups is 1. The fourth-order valence-corrected chi connectivity index (χ4v) is 3.96. The molecular weight excluding hydrogens is 446 g/mol. The van der Waals surface area contributed by atoms with Gasteiger partial charge in [0.05, 0.1) is 23.4 Å². The quantitative estimate of drug-likeness (QED) is 0.286. The topological polar surface area (TPSA) is 121 Å². The molecule has 3 rings (SSSR count). The van der Waals surface area contributed by atoms with E-state index in [1.807, 2.05) is 24.3 Å². The lowest BCUT2D eigenvalue weighted by molar-refractivity contribution is -0.384. The Kier molecular flexibility index (Phi) is 7.39. The fraction of sp³-hybridized carbons (Fsp3) is 0.261. The Morgan fingerprint density at radius 3 is 2.52 bits per heavy atom. The van der Waals surface area contributed by atoms with Crippen LogP contribution in [0.3, 0.4) is 0 Å². The number of rotatable bonds is 8. The summed E-state index contributed by atoms with van der Waals surface area (Å²) in [4.78, 5) is 40.5. The lowest BCUT2D eigenvalue weighted by Gasteiger charge is -2.14. The summed E-state index contributed by atoms with van der Waals surface area (Å²) in [6.45, 7) is 5.19. The molecule has 0 aliphatic heterocycles. The van der Waals surface area contributed by atoms with Gasteiger partial charge in [-0.15, -0.1) is 11.3 Å². The van der Waals surface area contributed by atoms with Gasteiger partial charge in [-0.25, -0.2) is 9.78 Å². The van der Waals surface area contributed by atoms with Crippen molar-refractivity contribution >= 4 is 34.6 Å². The molecule has 172 valence electrons. The molecule has 1 N–H and O–H groups in total. The average Bonchev–Trinajstić information content (AvgIpc) is 3.20. The first-order valence-corrected chi connectivity index (χ1v) is 11.0. The summed E-state index contributed by atoms with van der Waals surface area (Å²) in [6, 6.07) is 11.7. The first kappa shape index (κ1) is 23.9. The molecule has 10 heteroatoms. The second kappa shape index (κ2) is 10.2. The number of aromatic nitrogens is 1. The van der Waals surface area contributed by atoms with E-state index < -0.39 is 22.9 Å². The lowest BCUT2D eigenvalue weighted by Crippen LogP contribution is -2.30. The molecule has 1 atom stereocenters. The number of benzene rings is 2. The molecule has 9 nitrogen and oxygen atoms in total. The van der Waals surface area contributed by atoms with Crippen LogP contribution >= 0.6 is 11.3 Å². The summed E-state index contributed by atoms with van der Waals surface area (Å²) in [5, 5.41) is 14.2. The predicted octanol–water partition coefficient (Wildman–Crippen LogP) is 4.78. The van der Waals surface area contributed by atoms with Crippen LogP contribution in [-0.2, 0) is 16.0 Å². The number of thiazole rings is 1. The zero-order valence-corrected chi connectivity index (χ0v) is 19.4. The molecule has 1 unspecified atom stereocenters. The Morgan fingerprint density at radius 1 is 1.21 bits per heavy atom. The molecule has 0 radical (unpaired) electrons. The van der Waals surface area contributed by atoms with E-state index in [4.69, 9.17) is 9.47 Å². The van der Waals surface area contributed by atoms with Gasteiger partial charge >= 0.3 is 5.97 Å². The van der Waals surface area contributed by atoms with E-state index in [0.717, 1.165) is 12.0 Å². The van der Waals surface area contributed by atoms with Crippen molar-refractivity contribution in [1.29, 1.82) is 0 Å². The number of ether oxygens (including phenoxy) is 2. The Bertz CT molecular complexity index is 1190. The largest absolute Gasteiger partial charge is 0.495 e. The van der Waals surface area contributed by atoms with Gasteiger partial charge in [-0.3, -0.25) is 14.9 Å². The molecule has 0 spiro atoms. The molecule has 0 aliphatic rings. The molecule has 1 heterocycles. The number of methoxy groups -OCH3 is 1. The van der Waals surface area contributed by atoms with Crippen LogP contribution in [0.5, 0.6) is 5.75 Å². The molecule has 0 saturated heterocycles. The summed E-state index contributed by atoms with van der Waals surface area (Å²) in [6.07, 6.45) is -0.230. The number of amides is 1. The van der Waals surface area contributed by atoms with Crippen molar-refractivity contribution in [2.45, 2.75) is 33.3 Å². The standard InChI is InChI=1S/C23H23N3O6S/c1-5-15-6-8-16(9-7-15)22-24-13(2)20(33-22)23(28)32-14(3)21(27)25-18-12-17(26(29)30)10-11-19(18)31-4/h6-12,14H,5H2,1-4H3,(H,25,27). The van der Waals surface area contributed by atoms with Gasteiger partial charge in [0.2, 0.25) is 0 Å². The minimum atomic E-state index is -1.16. The minimum absolute atomic E-state index is 0.103. The predicted molar refractivity (Wildman–Crippen MR) is 125 cm³/mol. The molecule has 3 aromatic rings. The minimum Gasteiger partial charge on any atom is -0.495 e. The number of hydrogen-bond acceptors (Lipinski definition) is 8. The summed E-state index contributed by atoms with van der Waals surface area (Å²) in [5.41, 5.74) is 2.49. The molecule has 1 aromatic heterocycles. The van der Waals surface area contributed by atoms with Crippen molar-refractivity contribution in [3.8, 4) is 16.3 Å². The van der Waals surface area contributed by atoms with Gasteiger partial charge in [-0.2, -0.15) is 0 Å². The van der Waals surface area contributed by atoms with E-state index in [1.165, 1.54) is 49.1 Å². The molecule has 0 fully saturated rings. The van der Waals surface area contributed by atoms with E-state index in [0.29, 0.717) is 15.6 Å². The second-order valence-corrected chi connectivity index (χ2v) is 8.16. The first-order chi connectivity index (χ1) is 15.7. The third-order valence-electron chi connectivity index (χ3n) is 4.90. The average molecular weight is 470 g/mol. The normalized spacial score (nSPS) is 11.5. The number of nitrogens with one attached hydrogen (secondary N) is 1. The highest BCUT2D eigenvalue weighted by Gasteiger charge is 2.24. The SMILES string of the molecule is CCc1ccc(-c2nc(C)c(C(=O)OC(C)C(=O)Nc3cc([N+](=O)[O-])ccc3OC)s2)cc1. The van der Waals surface area contributed by atoms with Crippen molar-refractivity contribution in [3.63, 3.8) is 0 Å². The van der Waals surface area contributed by atoms with Gasteiger partial charge in [-0.05, 0) is 31.9 Å². The Balaban J connectivity index is 1.71. The zero-order valence-electron chi connectivity index (χ0n) is 18.6. The van der Waals surface area contributed by atoms with Crippen LogP contribution in [0, 0.1) is 17.0 Å².